The maximum atomic E-state index is 13.1. The molecule has 29 heavy (non-hydrogen) atoms. The third-order valence-electron chi connectivity index (χ3n) is 4.97. The van der Waals surface area contributed by atoms with Gasteiger partial charge in [0.15, 0.2) is 0 Å². The molecule has 0 N–H and O–H groups in total. The fraction of sp³-hybridized carbons (Fsp3) is 0.381. The fourth-order valence-electron chi connectivity index (χ4n) is 3.30. The Kier molecular flexibility index (Phi) is 6.53. The second kappa shape index (κ2) is 9.09. The van der Waals surface area contributed by atoms with Crippen molar-refractivity contribution in [2.45, 2.75) is 25.9 Å². The Balaban J connectivity index is 1.77. The number of thiophene rings is 1. The van der Waals surface area contributed by atoms with E-state index in [9.17, 15) is 14.4 Å². The molecular weight excluding hydrogens is 390 g/mol. The van der Waals surface area contributed by atoms with E-state index < -0.39 is 6.03 Å². The zero-order chi connectivity index (χ0) is 21.0. The van der Waals surface area contributed by atoms with Gasteiger partial charge in [-0.25, -0.2) is 4.79 Å². The molecule has 1 aromatic heterocycles. The van der Waals surface area contributed by atoms with E-state index in [-0.39, 0.29) is 30.9 Å². The first-order valence-corrected chi connectivity index (χ1v) is 10.3. The molecule has 4 amide bonds. The Morgan fingerprint density at radius 1 is 1.24 bits per heavy atom. The van der Waals surface area contributed by atoms with Crippen LogP contribution in [0.3, 0.4) is 0 Å². The number of imide groups is 1. The first-order chi connectivity index (χ1) is 13.9. The standard InChI is InChI=1S/C21H25N3O4S/c1-15(11-18-5-4-10-29-18)23(12-16-6-8-17(28-3)9-7-16)20(26)14-24-19(25)13-22(2)21(24)27/h4-10,15H,11-14H2,1-3H3. The van der Waals surface area contributed by atoms with Crippen molar-refractivity contribution in [1.82, 2.24) is 14.7 Å². The molecule has 1 aliphatic rings. The van der Waals surface area contributed by atoms with Crippen molar-refractivity contribution in [2.75, 3.05) is 27.2 Å². The van der Waals surface area contributed by atoms with E-state index in [0.717, 1.165) is 16.2 Å². The van der Waals surface area contributed by atoms with Crippen LogP contribution in [0.15, 0.2) is 41.8 Å². The van der Waals surface area contributed by atoms with Crippen LogP contribution in [0.1, 0.15) is 17.4 Å². The molecule has 1 atom stereocenters. The van der Waals surface area contributed by atoms with Crippen LogP contribution in [-0.2, 0) is 22.6 Å². The third kappa shape index (κ3) is 4.95. The number of benzene rings is 1. The predicted octanol–water partition coefficient (Wildman–Crippen LogP) is 2.61. The van der Waals surface area contributed by atoms with Gasteiger partial charge in [0.25, 0.3) is 5.91 Å². The molecule has 1 aliphatic heterocycles. The molecule has 0 aliphatic carbocycles. The average Bonchev–Trinajstić information content (AvgIpc) is 3.30. The van der Waals surface area contributed by atoms with Gasteiger partial charge in [-0.2, -0.15) is 0 Å². The van der Waals surface area contributed by atoms with E-state index in [2.05, 4.69) is 0 Å². The quantitative estimate of drug-likeness (QED) is 0.622. The average molecular weight is 416 g/mol. The summed E-state index contributed by atoms with van der Waals surface area (Å²) in [5, 5.41) is 2.01. The minimum absolute atomic E-state index is 0.00927. The molecule has 154 valence electrons. The lowest BCUT2D eigenvalue weighted by atomic mass is 10.1. The number of carbonyl (C=O) groups is 3. The molecule has 1 aromatic carbocycles. The van der Waals surface area contributed by atoms with E-state index in [0.29, 0.717) is 13.0 Å². The summed E-state index contributed by atoms with van der Waals surface area (Å²) in [6.45, 7) is 2.14. The van der Waals surface area contributed by atoms with Crippen molar-refractivity contribution in [1.29, 1.82) is 0 Å². The highest BCUT2D eigenvalue weighted by Gasteiger charge is 2.36. The molecule has 1 saturated heterocycles. The van der Waals surface area contributed by atoms with Crippen LogP contribution in [0, 0.1) is 0 Å². The molecule has 2 aromatic rings. The molecule has 8 heteroatoms. The van der Waals surface area contributed by atoms with E-state index in [1.54, 1.807) is 30.4 Å². The van der Waals surface area contributed by atoms with Crippen LogP contribution < -0.4 is 4.74 Å². The number of nitrogens with zero attached hydrogens (tertiary/aromatic N) is 3. The molecule has 2 heterocycles. The van der Waals surface area contributed by atoms with Gasteiger partial charge >= 0.3 is 6.03 Å². The van der Waals surface area contributed by atoms with Gasteiger partial charge in [0.2, 0.25) is 5.91 Å². The summed E-state index contributed by atoms with van der Waals surface area (Å²) >= 11 is 1.65. The lowest BCUT2D eigenvalue weighted by Gasteiger charge is -2.30. The Bertz CT molecular complexity index is 867. The summed E-state index contributed by atoms with van der Waals surface area (Å²) in [5.41, 5.74) is 0.952. The maximum Gasteiger partial charge on any atom is 0.327 e. The zero-order valence-corrected chi connectivity index (χ0v) is 17.6. The van der Waals surface area contributed by atoms with Crippen LogP contribution in [0.2, 0.25) is 0 Å². The number of urea groups is 1. The van der Waals surface area contributed by atoms with Crippen LogP contribution in [0.25, 0.3) is 0 Å². The highest BCUT2D eigenvalue weighted by Crippen LogP contribution is 2.19. The fourth-order valence-corrected chi connectivity index (χ4v) is 4.12. The summed E-state index contributed by atoms with van der Waals surface area (Å²) in [5.74, 6) is 0.151. The molecule has 0 radical (unpaired) electrons. The number of likely N-dealkylation sites (N-methyl/N-ethyl adjacent to an activating group) is 1. The molecule has 0 bridgehead atoms. The summed E-state index contributed by atoms with van der Waals surface area (Å²) in [4.78, 5) is 42.7. The lowest BCUT2D eigenvalue weighted by molar-refractivity contribution is -0.138. The van der Waals surface area contributed by atoms with Crippen molar-refractivity contribution in [3.63, 3.8) is 0 Å². The van der Waals surface area contributed by atoms with Crippen molar-refractivity contribution in [3.8, 4) is 5.75 Å². The molecule has 3 rings (SSSR count). The van der Waals surface area contributed by atoms with E-state index in [1.807, 2.05) is 48.7 Å². The Hall–Kier alpha value is -2.87. The van der Waals surface area contributed by atoms with Crippen molar-refractivity contribution >= 4 is 29.2 Å². The van der Waals surface area contributed by atoms with Crippen LogP contribution in [0.4, 0.5) is 4.79 Å². The van der Waals surface area contributed by atoms with Crippen LogP contribution in [0.5, 0.6) is 5.75 Å². The SMILES string of the molecule is COc1ccc(CN(C(=O)CN2C(=O)CN(C)C2=O)C(C)Cc2cccs2)cc1. The Morgan fingerprint density at radius 2 is 1.97 bits per heavy atom. The predicted molar refractivity (Wildman–Crippen MR) is 111 cm³/mol. The van der Waals surface area contributed by atoms with Crippen LogP contribution in [-0.4, -0.2) is 65.8 Å². The first-order valence-electron chi connectivity index (χ1n) is 9.39. The van der Waals surface area contributed by atoms with Gasteiger partial charge in [-0.3, -0.25) is 14.5 Å². The highest BCUT2D eigenvalue weighted by atomic mass is 32.1. The van der Waals surface area contributed by atoms with Crippen molar-refractivity contribution < 1.29 is 19.1 Å². The smallest absolute Gasteiger partial charge is 0.327 e. The number of amides is 4. The molecule has 7 nitrogen and oxygen atoms in total. The molecule has 0 spiro atoms. The number of methoxy groups -OCH3 is 1. The van der Waals surface area contributed by atoms with E-state index in [1.165, 1.54) is 9.78 Å². The Morgan fingerprint density at radius 3 is 2.52 bits per heavy atom. The second-order valence-electron chi connectivity index (χ2n) is 7.12. The minimum Gasteiger partial charge on any atom is -0.497 e. The Labute approximate surface area is 174 Å². The van der Waals surface area contributed by atoms with Gasteiger partial charge in [0.05, 0.1) is 7.11 Å². The normalized spacial score (nSPS) is 15.0. The lowest BCUT2D eigenvalue weighted by Crippen LogP contribution is -2.46. The van der Waals surface area contributed by atoms with E-state index >= 15 is 0 Å². The topological polar surface area (TPSA) is 70.2 Å². The first kappa shape index (κ1) is 20.9. The molecule has 1 fully saturated rings. The van der Waals surface area contributed by atoms with Crippen molar-refractivity contribution in [2.24, 2.45) is 0 Å². The van der Waals surface area contributed by atoms with Gasteiger partial charge in [-0.05, 0) is 36.1 Å². The molecule has 1 unspecified atom stereocenters. The summed E-state index contributed by atoms with van der Waals surface area (Å²) in [6, 6.07) is 11.0. The van der Waals surface area contributed by atoms with Gasteiger partial charge in [0.1, 0.15) is 18.8 Å². The number of hydrogen-bond donors (Lipinski definition) is 0. The number of rotatable bonds is 8. The van der Waals surface area contributed by atoms with Gasteiger partial charge < -0.3 is 14.5 Å². The second-order valence-corrected chi connectivity index (χ2v) is 8.15. The summed E-state index contributed by atoms with van der Waals surface area (Å²) < 4.78 is 5.20. The van der Waals surface area contributed by atoms with Crippen molar-refractivity contribution in [3.05, 3.63) is 52.2 Å². The monoisotopic (exact) mass is 415 g/mol. The molecular formula is C21H25N3O4S. The highest BCUT2D eigenvalue weighted by molar-refractivity contribution is 7.09. The van der Waals surface area contributed by atoms with Gasteiger partial charge in [-0.15, -0.1) is 11.3 Å². The van der Waals surface area contributed by atoms with Crippen LogP contribution >= 0.6 is 11.3 Å². The van der Waals surface area contributed by atoms with E-state index in [4.69, 9.17) is 4.74 Å². The molecule has 0 saturated carbocycles. The largest absolute Gasteiger partial charge is 0.497 e. The maximum absolute atomic E-state index is 13.1. The summed E-state index contributed by atoms with van der Waals surface area (Å²) in [6.07, 6.45) is 0.710. The zero-order valence-electron chi connectivity index (χ0n) is 16.8. The number of hydrogen-bond acceptors (Lipinski definition) is 5. The number of carbonyl (C=O) groups excluding carboxylic acids is 3. The number of ether oxygens (including phenoxy) is 1. The van der Waals surface area contributed by atoms with Gasteiger partial charge in [0, 0.05) is 30.9 Å². The van der Waals surface area contributed by atoms with Gasteiger partial charge in [-0.1, -0.05) is 18.2 Å². The summed E-state index contributed by atoms with van der Waals surface area (Å²) in [7, 11) is 3.16. The third-order valence-corrected chi connectivity index (χ3v) is 5.86. The minimum atomic E-state index is -0.432.